The topological polar surface area (TPSA) is 96.5 Å². The molecular weight excluding hydrogens is 428 g/mol. The maximum atomic E-state index is 13.2. The van der Waals surface area contributed by atoms with Crippen molar-refractivity contribution in [2.24, 2.45) is 0 Å². The highest BCUT2D eigenvalue weighted by molar-refractivity contribution is 6.31. The molecule has 1 aromatic carbocycles. The number of nitriles is 1. The molecule has 162 valence electrons. The molecule has 0 bridgehead atoms. The number of nitrogens with one attached hydrogen (secondary N) is 1. The zero-order valence-electron chi connectivity index (χ0n) is 17.5. The van der Waals surface area contributed by atoms with Crippen LogP contribution in [0.25, 0.3) is 11.7 Å². The predicted molar refractivity (Wildman–Crippen MR) is 122 cm³/mol. The third kappa shape index (κ3) is 4.51. The molecule has 0 unspecified atom stereocenters. The Kier molecular flexibility index (Phi) is 6.24. The van der Waals surface area contributed by atoms with Crippen molar-refractivity contribution >= 4 is 29.2 Å². The molecule has 1 saturated carbocycles. The van der Waals surface area contributed by atoms with Crippen LogP contribution in [0.1, 0.15) is 36.8 Å². The predicted octanol–water partition coefficient (Wildman–Crippen LogP) is 4.41. The number of hydrogen-bond acceptors (Lipinski definition) is 5. The molecule has 0 radical (unpaired) electrons. The first-order valence-electron chi connectivity index (χ1n) is 10.3. The normalized spacial score (nSPS) is 14.3. The first-order valence-corrected chi connectivity index (χ1v) is 10.7. The number of hydrogen-bond donors (Lipinski definition) is 1. The maximum Gasteiger partial charge on any atom is 0.269 e. The van der Waals surface area contributed by atoms with Crippen molar-refractivity contribution in [3.8, 4) is 17.7 Å². The Bertz CT molecular complexity index is 1320. The van der Waals surface area contributed by atoms with E-state index in [2.05, 4.69) is 10.3 Å². The summed E-state index contributed by atoms with van der Waals surface area (Å²) in [5.41, 5.74) is 0.567. The molecule has 8 heteroatoms. The van der Waals surface area contributed by atoms with Crippen LogP contribution < -0.4 is 15.6 Å². The Balaban J connectivity index is 1.79. The molecule has 3 aromatic rings. The van der Waals surface area contributed by atoms with Crippen LogP contribution in [0.3, 0.4) is 0 Å². The highest BCUT2D eigenvalue weighted by atomic mass is 35.5. The third-order valence-electron chi connectivity index (χ3n) is 5.42. The summed E-state index contributed by atoms with van der Waals surface area (Å²) in [4.78, 5) is 30.3. The Morgan fingerprint density at radius 3 is 2.81 bits per heavy atom. The molecule has 0 saturated heterocycles. The maximum absolute atomic E-state index is 13.2. The average molecular weight is 449 g/mol. The lowest BCUT2D eigenvalue weighted by atomic mass is 10.1. The quantitative estimate of drug-likeness (QED) is 0.460. The van der Waals surface area contributed by atoms with Crippen LogP contribution in [-0.2, 0) is 4.79 Å². The fourth-order valence-corrected chi connectivity index (χ4v) is 3.82. The fourth-order valence-electron chi connectivity index (χ4n) is 3.70. The Morgan fingerprint density at radius 1 is 1.31 bits per heavy atom. The lowest BCUT2D eigenvalue weighted by Gasteiger charge is -2.12. The van der Waals surface area contributed by atoms with Gasteiger partial charge in [-0.15, -0.1) is 0 Å². The molecule has 1 amide bonds. The summed E-state index contributed by atoms with van der Waals surface area (Å²) in [6.45, 7) is 1.83. The van der Waals surface area contributed by atoms with Gasteiger partial charge in [-0.2, -0.15) is 10.2 Å². The molecule has 32 heavy (non-hydrogen) atoms. The minimum Gasteiger partial charge on any atom is -0.438 e. The fraction of sp³-hybridized carbons (Fsp3) is 0.250. The van der Waals surface area contributed by atoms with Gasteiger partial charge in [-0.25, -0.2) is 0 Å². The van der Waals surface area contributed by atoms with Crippen molar-refractivity contribution in [1.82, 2.24) is 14.7 Å². The van der Waals surface area contributed by atoms with Crippen LogP contribution in [-0.4, -0.2) is 21.3 Å². The molecular formula is C24H21ClN4O3. The van der Waals surface area contributed by atoms with E-state index >= 15 is 0 Å². The summed E-state index contributed by atoms with van der Waals surface area (Å²) >= 11 is 6.10. The van der Waals surface area contributed by atoms with Gasteiger partial charge in [0.25, 0.3) is 11.5 Å². The monoisotopic (exact) mass is 448 g/mol. The van der Waals surface area contributed by atoms with E-state index in [0.717, 1.165) is 31.2 Å². The Hall–Kier alpha value is -3.63. The first-order chi connectivity index (χ1) is 15.5. The molecule has 2 heterocycles. The van der Waals surface area contributed by atoms with Crippen LogP contribution in [0.2, 0.25) is 5.02 Å². The number of aryl methyl sites for hydroxylation is 1. The number of pyridine rings is 1. The van der Waals surface area contributed by atoms with E-state index in [1.165, 1.54) is 10.5 Å². The van der Waals surface area contributed by atoms with Crippen molar-refractivity contribution in [2.45, 2.75) is 38.6 Å². The van der Waals surface area contributed by atoms with Gasteiger partial charge in [-0.1, -0.05) is 30.5 Å². The van der Waals surface area contributed by atoms with Crippen LogP contribution >= 0.6 is 11.6 Å². The molecule has 1 aliphatic rings. The summed E-state index contributed by atoms with van der Waals surface area (Å²) in [5, 5.41) is 13.1. The van der Waals surface area contributed by atoms with E-state index < -0.39 is 11.5 Å². The molecule has 0 spiro atoms. The largest absolute Gasteiger partial charge is 0.438 e. The summed E-state index contributed by atoms with van der Waals surface area (Å²) in [6, 6.07) is 12.1. The first kappa shape index (κ1) is 21.6. The SMILES string of the molecule is Cc1cc(Oc2nc3ccccn3c(=O)c2/C=C(\C#N)C(=O)NC2CCCC2)ccc1Cl. The van der Waals surface area contributed by atoms with Gasteiger partial charge in [0.2, 0.25) is 5.88 Å². The van der Waals surface area contributed by atoms with Gasteiger partial charge in [0.1, 0.15) is 28.6 Å². The van der Waals surface area contributed by atoms with Gasteiger partial charge < -0.3 is 10.1 Å². The summed E-state index contributed by atoms with van der Waals surface area (Å²) in [6.07, 6.45) is 6.68. The molecule has 0 aliphatic heterocycles. The lowest BCUT2D eigenvalue weighted by Crippen LogP contribution is -2.33. The van der Waals surface area contributed by atoms with E-state index in [1.54, 1.807) is 42.6 Å². The van der Waals surface area contributed by atoms with E-state index in [1.807, 2.05) is 13.0 Å². The summed E-state index contributed by atoms with van der Waals surface area (Å²) in [7, 11) is 0. The molecule has 1 fully saturated rings. The van der Waals surface area contributed by atoms with Gasteiger partial charge >= 0.3 is 0 Å². The molecule has 7 nitrogen and oxygen atoms in total. The van der Waals surface area contributed by atoms with Crippen LogP contribution in [0.15, 0.2) is 53.0 Å². The van der Waals surface area contributed by atoms with E-state index in [9.17, 15) is 14.9 Å². The number of halogens is 1. The number of benzene rings is 1. The minimum atomic E-state index is -0.509. The van der Waals surface area contributed by atoms with Crippen LogP contribution in [0.5, 0.6) is 11.6 Å². The second-order valence-corrected chi connectivity index (χ2v) is 8.11. The number of rotatable bonds is 5. The highest BCUT2D eigenvalue weighted by Gasteiger charge is 2.21. The van der Waals surface area contributed by atoms with E-state index in [4.69, 9.17) is 16.3 Å². The number of carbonyl (C=O) groups is 1. The smallest absolute Gasteiger partial charge is 0.269 e. The molecule has 4 rings (SSSR count). The number of aromatic nitrogens is 2. The molecule has 1 aliphatic carbocycles. The molecule has 2 aromatic heterocycles. The summed E-state index contributed by atoms with van der Waals surface area (Å²) in [5.74, 6) is -0.0720. The molecule has 0 atom stereocenters. The van der Waals surface area contributed by atoms with Crippen molar-refractivity contribution < 1.29 is 9.53 Å². The van der Waals surface area contributed by atoms with Crippen molar-refractivity contribution in [3.63, 3.8) is 0 Å². The Morgan fingerprint density at radius 2 is 2.09 bits per heavy atom. The van der Waals surface area contributed by atoms with Crippen molar-refractivity contribution in [3.05, 3.63) is 74.7 Å². The second-order valence-electron chi connectivity index (χ2n) is 7.70. The standard InChI is InChI=1S/C24H21ClN4O3/c1-15-12-18(9-10-20(15)25)32-23-19(24(31)29-11-5-4-8-21(29)28-23)13-16(14-26)22(30)27-17-6-2-3-7-17/h4-5,8-13,17H,2-3,6-7H2,1H3,(H,27,30)/b16-13+. The van der Waals surface area contributed by atoms with Gasteiger partial charge in [0.15, 0.2) is 0 Å². The van der Waals surface area contributed by atoms with Crippen molar-refractivity contribution in [1.29, 1.82) is 5.26 Å². The number of carbonyl (C=O) groups excluding carboxylic acids is 1. The van der Waals surface area contributed by atoms with Crippen LogP contribution in [0, 0.1) is 18.3 Å². The minimum absolute atomic E-state index is 0.00402. The number of amides is 1. The third-order valence-corrected chi connectivity index (χ3v) is 5.85. The van der Waals surface area contributed by atoms with Gasteiger partial charge in [0.05, 0.1) is 0 Å². The highest BCUT2D eigenvalue weighted by Crippen LogP contribution is 2.27. The average Bonchev–Trinajstić information content (AvgIpc) is 3.29. The van der Waals surface area contributed by atoms with E-state index in [0.29, 0.717) is 16.4 Å². The van der Waals surface area contributed by atoms with Crippen molar-refractivity contribution in [2.75, 3.05) is 0 Å². The van der Waals surface area contributed by atoms with Gasteiger partial charge in [0, 0.05) is 17.3 Å². The zero-order valence-corrected chi connectivity index (χ0v) is 18.2. The summed E-state index contributed by atoms with van der Waals surface area (Å²) < 4.78 is 7.27. The number of nitrogens with zero attached hydrogens (tertiary/aromatic N) is 3. The van der Waals surface area contributed by atoms with E-state index in [-0.39, 0.29) is 23.1 Å². The molecule has 1 N–H and O–H groups in total. The zero-order chi connectivity index (χ0) is 22.7. The Labute approximate surface area is 189 Å². The second kappa shape index (κ2) is 9.25. The van der Waals surface area contributed by atoms with Crippen LogP contribution in [0.4, 0.5) is 0 Å². The van der Waals surface area contributed by atoms with Gasteiger partial charge in [-0.3, -0.25) is 14.0 Å². The number of ether oxygens (including phenoxy) is 1. The number of fused-ring (bicyclic) bond motifs is 1. The lowest BCUT2D eigenvalue weighted by molar-refractivity contribution is -0.117. The van der Waals surface area contributed by atoms with Gasteiger partial charge in [-0.05, 0) is 61.7 Å².